The Balaban J connectivity index is 1.60. The van der Waals surface area contributed by atoms with Crippen LogP contribution >= 0.6 is 0 Å². The molecule has 1 aliphatic heterocycles. The third-order valence-electron chi connectivity index (χ3n) is 5.21. The van der Waals surface area contributed by atoms with Gasteiger partial charge in [-0.3, -0.25) is 4.79 Å². The van der Waals surface area contributed by atoms with Crippen LogP contribution in [0, 0.1) is 0 Å². The van der Waals surface area contributed by atoms with Crippen molar-refractivity contribution in [3.63, 3.8) is 0 Å². The molecule has 6 nitrogen and oxygen atoms in total. The van der Waals surface area contributed by atoms with Crippen LogP contribution in [-0.4, -0.2) is 57.8 Å². The van der Waals surface area contributed by atoms with Crippen molar-refractivity contribution in [2.75, 3.05) is 51.9 Å². The number of nitrogens with zero attached hydrogens (tertiary/aromatic N) is 2. The molecule has 1 amide bonds. The summed E-state index contributed by atoms with van der Waals surface area (Å²) in [6, 6.07) is 13.7. The summed E-state index contributed by atoms with van der Waals surface area (Å²) in [5.41, 5.74) is 2.03. The molecule has 0 radical (unpaired) electrons. The number of amides is 1. The second-order valence-electron chi connectivity index (χ2n) is 7.21. The van der Waals surface area contributed by atoms with Gasteiger partial charge in [0.05, 0.1) is 14.2 Å². The van der Waals surface area contributed by atoms with Crippen molar-refractivity contribution in [1.29, 1.82) is 0 Å². The highest BCUT2D eigenvalue weighted by molar-refractivity contribution is 5.92. The number of carbonyl (C=O) groups excluding carboxylic acids is 1. The molecule has 1 saturated heterocycles. The average molecular weight is 423 g/mol. The van der Waals surface area contributed by atoms with E-state index in [2.05, 4.69) is 23.6 Å². The van der Waals surface area contributed by atoms with Crippen molar-refractivity contribution in [2.45, 2.75) is 6.42 Å². The van der Waals surface area contributed by atoms with Crippen LogP contribution in [0.2, 0.25) is 0 Å². The highest BCUT2D eigenvalue weighted by Crippen LogP contribution is 2.28. The van der Waals surface area contributed by atoms with E-state index in [1.54, 1.807) is 26.4 Å². The van der Waals surface area contributed by atoms with Crippen LogP contribution < -0.4 is 19.1 Å². The molecule has 1 fully saturated rings. The quantitative estimate of drug-likeness (QED) is 0.475. The van der Waals surface area contributed by atoms with Gasteiger partial charge >= 0.3 is 0 Å². The maximum absolute atomic E-state index is 12.8. The van der Waals surface area contributed by atoms with Gasteiger partial charge in [0.25, 0.3) is 0 Å². The Morgan fingerprint density at radius 3 is 2.52 bits per heavy atom. The molecule has 0 aliphatic carbocycles. The minimum absolute atomic E-state index is 0.0162. The largest absolute Gasteiger partial charge is 0.497 e. The van der Waals surface area contributed by atoms with Gasteiger partial charge in [-0.15, -0.1) is 0 Å². The minimum atomic E-state index is 0.0162. The van der Waals surface area contributed by atoms with E-state index in [9.17, 15) is 4.79 Å². The zero-order valence-electron chi connectivity index (χ0n) is 18.3. The van der Waals surface area contributed by atoms with Crippen molar-refractivity contribution in [3.05, 3.63) is 66.8 Å². The number of methoxy groups -OCH3 is 2. The van der Waals surface area contributed by atoms with E-state index in [0.29, 0.717) is 24.7 Å². The highest BCUT2D eigenvalue weighted by Gasteiger charge is 2.18. The molecular formula is C25H30N2O4. The summed E-state index contributed by atoms with van der Waals surface area (Å²) in [6.07, 6.45) is 6.05. The first-order valence-electron chi connectivity index (χ1n) is 10.4. The van der Waals surface area contributed by atoms with E-state index >= 15 is 0 Å². The first-order valence-corrected chi connectivity index (χ1v) is 10.4. The lowest BCUT2D eigenvalue weighted by Gasteiger charge is -2.23. The van der Waals surface area contributed by atoms with Gasteiger partial charge in [-0.05, 0) is 54.5 Å². The standard InChI is InChI=1S/C25H30N2O4/c1-4-18-31-23-12-6-20(19-24(23)30-3)7-13-25(28)27-15-5-14-26(16-17-27)21-8-10-22(29-2)11-9-21/h4,6-13,19H,1,5,14-18H2,2-3H3/b13-7+. The Morgan fingerprint density at radius 2 is 1.81 bits per heavy atom. The van der Waals surface area contributed by atoms with Gasteiger partial charge in [-0.25, -0.2) is 0 Å². The first kappa shape index (κ1) is 22.3. The van der Waals surface area contributed by atoms with Gasteiger partial charge in [0, 0.05) is 37.9 Å². The fraction of sp³-hybridized carbons (Fsp3) is 0.320. The SMILES string of the molecule is C=CCOc1ccc(/C=C/C(=O)N2CCCN(c3ccc(OC)cc3)CC2)cc1OC. The van der Waals surface area contributed by atoms with Gasteiger partial charge in [-0.2, -0.15) is 0 Å². The van der Waals surface area contributed by atoms with Gasteiger partial charge in [-0.1, -0.05) is 18.7 Å². The lowest BCUT2D eigenvalue weighted by atomic mass is 10.2. The van der Waals surface area contributed by atoms with Crippen molar-refractivity contribution < 1.29 is 19.0 Å². The smallest absolute Gasteiger partial charge is 0.246 e. The van der Waals surface area contributed by atoms with E-state index in [-0.39, 0.29) is 5.91 Å². The molecule has 1 heterocycles. The molecule has 0 atom stereocenters. The van der Waals surface area contributed by atoms with Crippen molar-refractivity contribution in [3.8, 4) is 17.2 Å². The molecular weight excluding hydrogens is 392 g/mol. The summed E-state index contributed by atoms with van der Waals surface area (Å²) in [5.74, 6) is 2.14. The topological polar surface area (TPSA) is 51.2 Å². The molecule has 2 aromatic rings. The maximum Gasteiger partial charge on any atom is 0.246 e. The summed E-state index contributed by atoms with van der Waals surface area (Å²) in [7, 11) is 3.26. The summed E-state index contributed by atoms with van der Waals surface area (Å²) in [6.45, 7) is 7.21. The van der Waals surface area contributed by atoms with Crippen LogP contribution in [0.5, 0.6) is 17.2 Å². The molecule has 6 heteroatoms. The van der Waals surface area contributed by atoms with Gasteiger partial charge < -0.3 is 24.0 Å². The van der Waals surface area contributed by atoms with Crippen LogP contribution in [0.4, 0.5) is 5.69 Å². The number of hydrogen-bond donors (Lipinski definition) is 0. The third kappa shape index (κ3) is 6.04. The lowest BCUT2D eigenvalue weighted by molar-refractivity contribution is -0.125. The Kier molecular flexibility index (Phi) is 7.98. The van der Waals surface area contributed by atoms with Gasteiger partial charge in [0.1, 0.15) is 12.4 Å². The van der Waals surface area contributed by atoms with E-state index in [0.717, 1.165) is 43.1 Å². The van der Waals surface area contributed by atoms with E-state index in [1.807, 2.05) is 41.3 Å². The summed E-state index contributed by atoms with van der Waals surface area (Å²) < 4.78 is 16.2. The van der Waals surface area contributed by atoms with Gasteiger partial charge in [0.2, 0.25) is 5.91 Å². The predicted octanol–water partition coefficient (Wildman–Crippen LogP) is 4.02. The molecule has 0 spiro atoms. The second kappa shape index (κ2) is 11.1. The van der Waals surface area contributed by atoms with Crippen LogP contribution in [0.1, 0.15) is 12.0 Å². The van der Waals surface area contributed by atoms with Crippen LogP contribution in [0.25, 0.3) is 6.08 Å². The number of benzene rings is 2. The fourth-order valence-electron chi connectivity index (χ4n) is 3.52. The average Bonchev–Trinajstić information content (AvgIpc) is 3.08. The molecule has 0 N–H and O–H groups in total. The molecule has 0 aromatic heterocycles. The highest BCUT2D eigenvalue weighted by atomic mass is 16.5. The molecule has 0 saturated carbocycles. The van der Waals surface area contributed by atoms with Crippen LogP contribution in [0.3, 0.4) is 0 Å². The summed E-state index contributed by atoms with van der Waals surface area (Å²) >= 11 is 0. The first-order chi connectivity index (χ1) is 15.1. The summed E-state index contributed by atoms with van der Waals surface area (Å²) in [4.78, 5) is 17.0. The zero-order chi connectivity index (χ0) is 22.1. The number of rotatable bonds is 8. The van der Waals surface area contributed by atoms with Crippen molar-refractivity contribution in [2.24, 2.45) is 0 Å². The van der Waals surface area contributed by atoms with Crippen LogP contribution in [-0.2, 0) is 4.79 Å². The van der Waals surface area contributed by atoms with Crippen LogP contribution in [0.15, 0.2) is 61.2 Å². The lowest BCUT2D eigenvalue weighted by Crippen LogP contribution is -2.34. The molecule has 2 aromatic carbocycles. The Morgan fingerprint density at radius 1 is 1.00 bits per heavy atom. The minimum Gasteiger partial charge on any atom is -0.497 e. The van der Waals surface area contributed by atoms with E-state index in [4.69, 9.17) is 14.2 Å². The Bertz CT molecular complexity index is 908. The fourth-order valence-corrected chi connectivity index (χ4v) is 3.52. The molecule has 31 heavy (non-hydrogen) atoms. The second-order valence-corrected chi connectivity index (χ2v) is 7.21. The normalized spacial score (nSPS) is 14.3. The number of hydrogen-bond acceptors (Lipinski definition) is 5. The van der Waals surface area contributed by atoms with Gasteiger partial charge in [0.15, 0.2) is 11.5 Å². The predicted molar refractivity (Wildman–Crippen MR) is 124 cm³/mol. The van der Waals surface area contributed by atoms with E-state index in [1.165, 1.54) is 0 Å². The zero-order valence-corrected chi connectivity index (χ0v) is 18.3. The maximum atomic E-state index is 12.8. The molecule has 164 valence electrons. The number of carbonyl (C=O) groups is 1. The Labute approximate surface area is 184 Å². The Hall–Kier alpha value is -3.41. The van der Waals surface area contributed by atoms with E-state index < -0.39 is 0 Å². The molecule has 1 aliphatic rings. The molecule has 3 rings (SSSR count). The summed E-state index contributed by atoms with van der Waals surface area (Å²) in [5, 5.41) is 0. The number of ether oxygens (including phenoxy) is 3. The van der Waals surface area contributed by atoms with Crippen molar-refractivity contribution in [1.82, 2.24) is 4.90 Å². The third-order valence-corrected chi connectivity index (χ3v) is 5.21. The molecule has 0 bridgehead atoms. The monoisotopic (exact) mass is 422 g/mol. The number of anilines is 1. The molecule has 0 unspecified atom stereocenters. The van der Waals surface area contributed by atoms with Crippen molar-refractivity contribution >= 4 is 17.7 Å².